The smallest absolute Gasteiger partial charge is 0.0414 e. The second kappa shape index (κ2) is 25.0. The molecule has 0 aromatic carbocycles. The van der Waals surface area contributed by atoms with Crippen molar-refractivity contribution < 1.29 is 0 Å². The molecule has 0 heterocycles. The van der Waals surface area contributed by atoms with Gasteiger partial charge in [-0.2, -0.15) is 0 Å². The van der Waals surface area contributed by atoms with Crippen molar-refractivity contribution in [1.82, 2.24) is 0 Å². The van der Waals surface area contributed by atoms with Gasteiger partial charge in [0.05, 0.1) is 0 Å². The van der Waals surface area contributed by atoms with Crippen molar-refractivity contribution in [1.29, 1.82) is 0 Å². The Morgan fingerprint density at radius 2 is 0.792 bits per heavy atom. The van der Waals surface area contributed by atoms with Gasteiger partial charge >= 0.3 is 0 Å². The van der Waals surface area contributed by atoms with Crippen LogP contribution in [-0.4, -0.2) is 0 Å². The molecule has 0 radical (unpaired) electrons. The molecule has 0 heteroatoms. The highest BCUT2D eigenvalue weighted by Crippen LogP contribution is 2.23. The summed E-state index contributed by atoms with van der Waals surface area (Å²) in [5, 5.41) is 0. The molecule has 0 bridgehead atoms. The molecule has 146 valence electrons. The summed E-state index contributed by atoms with van der Waals surface area (Å²) in [5.41, 5.74) is 0. The molecule has 0 aromatic heterocycles. The van der Waals surface area contributed by atoms with Gasteiger partial charge in [0.25, 0.3) is 0 Å². The van der Waals surface area contributed by atoms with Crippen LogP contribution in [0.25, 0.3) is 0 Å². The van der Waals surface area contributed by atoms with E-state index in [1.807, 2.05) is 6.92 Å². The van der Waals surface area contributed by atoms with Crippen molar-refractivity contribution in [3.05, 3.63) is 12.7 Å². The van der Waals surface area contributed by atoms with E-state index in [1.165, 1.54) is 109 Å². The number of unbranched alkanes of at least 4 members (excludes halogenated alkanes) is 11. The third kappa shape index (κ3) is 24.0. The highest BCUT2D eigenvalue weighted by Gasteiger charge is 2.08. The Balaban J connectivity index is 0. The number of rotatable bonds is 17. The van der Waals surface area contributed by atoms with Crippen LogP contribution in [0.5, 0.6) is 0 Å². The standard InChI is InChI=1S/C21H44.C3H6/c1-4-7-10-11-12-13-14-17-20-21(18-15-8-5-2)19-16-9-6-3;1-3-2/h21H,4-20H2,1-3H3;3H,1H2,2H3. The minimum absolute atomic E-state index is 1.04. The first-order chi connectivity index (χ1) is 11.8. The lowest BCUT2D eigenvalue weighted by atomic mass is 9.90. The Labute approximate surface area is 155 Å². The molecule has 0 aliphatic rings. The fourth-order valence-electron chi connectivity index (χ4n) is 3.37. The van der Waals surface area contributed by atoms with Crippen LogP contribution in [0.15, 0.2) is 12.7 Å². The summed E-state index contributed by atoms with van der Waals surface area (Å²) in [6.07, 6.45) is 26.6. The van der Waals surface area contributed by atoms with Gasteiger partial charge in [-0.1, -0.05) is 136 Å². The minimum atomic E-state index is 1.04. The Hall–Kier alpha value is -0.260. The predicted molar refractivity (Wildman–Crippen MR) is 115 cm³/mol. The van der Waals surface area contributed by atoms with Gasteiger partial charge in [-0.15, -0.1) is 6.58 Å². The van der Waals surface area contributed by atoms with Crippen LogP contribution < -0.4 is 0 Å². The summed E-state index contributed by atoms with van der Waals surface area (Å²) in [5.74, 6) is 1.04. The number of hydrogen-bond donors (Lipinski definition) is 0. The van der Waals surface area contributed by atoms with Gasteiger partial charge in [0.2, 0.25) is 0 Å². The lowest BCUT2D eigenvalue weighted by Crippen LogP contribution is -2.01. The van der Waals surface area contributed by atoms with Crippen LogP contribution >= 0.6 is 0 Å². The summed E-state index contributed by atoms with van der Waals surface area (Å²) >= 11 is 0. The predicted octanol–water partition coefficient (Wildman–Crippen LogP) is 9.49. The molecule has 0 atom stereocenters. The molecule has 0 aromatic rings. The maximum absolute atomic E-state index is 3.36. The molecule has 0 fully saturated rings. The SMILES string of the molecule is C=CC.CCCCCCCCCCC(CCCCC)CCCCC. The van der Waals surface area contributed by atoms with Crippen LogP contribution in [0.1, 0.15) is 137 Å². The van der Waals surface area contributed by atoms with Crippen molar-refractivity contribution in [2.45, 2.75) is 137 Å². The van der Waals surface area contributed by atoms with E-state index in [4.69, 9.17) is 0 Å². The molecule has 24 heavy (non-hydrogen) atoms. The number of allylic oxidation sites excluding steroid dienone is 1. The van der Waals surface area contributed by atoms with Crippen molar-refractivity contribution in [3.8, 4) is 0 Å². The fraction of sp³-hybridized carbons (Fsp3) is 0.917. The second-order valence-corrected chi connectivity index (χ2v) is 7.53. The molecular weight excluding hydrogens is 288 g/mol. The molecule has 0 amide bonds. The molecule has 0 N–H and O–H groups in total. The van der Waals surface area contributed by atoms with Crippen molar-refractivity contribution >= 4 is 0 Å². The molecular formula is C24H50. The monoisotopic (exact) mass is 338 g/mol. The van der Waals surface area contributed by atoms with Gasteiger partial charge in [0, 0.05) is 0 Å². The molecule has 0 unspecified atom stereocenters. The van der Waals surface area contributed by atoms with Gasteiger partial charge < -0.3 is 0 Å². The van der Waals surface area contributed by atoms with Gasteiger partial charge in [-0.3, -0.25) is 0 Å². The Morgan fingerprint density at radius 3 is 1.17 bits per heavy atom. The van der Waals surface area contributed by atoms with Crippen molar-refractivity contribution in [2.24, 2.45) is 5.92 Å². The summed E-state index contributed by atoms with van der Waals surface area (Å²) < 4.78 is 0. The molecule has 0 saturated carbocycles. The van der Waals surface area contributed by atoms with E-state index in [0.29, 0.717) is 0 Å². The molecule has 0 rings (SSSR count). The highest BCUT2D eigenvalue weighted by molar-refractivity contribution is 4.61. The lowest BCUT2D eigenvalue weighted by Gasteiger charge is -2.16. The second-order valence-electron chi connectivity index (χ2n) is 7.53. The van der Waals surface area contributed by atoms with E-state index < -0.39 is 0 Å². The molecule has 0 saturated heterocycles. The minimum Gasteiger partial charge on any atom is -0.103 e. The average Bonchev–Trinajstić information content (AvgIpc) is 2.58. The normalized spacial score (nSPS) is 10.5. The van der Waals surface area contributed by atoms with Gasteiger partial charge in [0.1, 0.15) is 0 Å². The highest BCUT2D eigenvalue weighted by atomic mass is 14.1. The van der Waals surface area contributed by atoms with Gasteiger partial charge in [-0.25, -0.2) is 0 Å². The maximum Gasteiger partial charge on any atom is -0.0414 e. The zero-order chi connectivity index (χ0) is 18.3. The van der Waals surface area contributed by atoms with Crippen LogP contribution in [0.2, 0.25) is 0 Å². The Morgan fingerprint density at radius 1 is 0.542 bits per heavy atom. The molecule has 0 spiro atoms. The van der Waals surface area contributed by atoms with E-state index >= 15 is 0 Å². The quantitative estimate of drug-likeness (QED) is 0.183. The van der Waals surface area contributed by atoms with E-state index in [2.05, 4.69) is 27.4 Å². The molecule has 0 aliphatic carbocycles. The maximum atomic E-state index is 3.36. The first-order valence-electron chi connectivity index (χ1n) is 11.3. The van der Waals surface area contributed by atoms with Crippen LogP contribution in [0, 0.1) is 5.92 Å². The van der Waals surface area contributed by atoms with Crippen LogP contribution in [-0.2, 0) is 0 Å². The zero-order valence-electron chi connectivity index (χ0n) is 17.9. The van der Waals surface area contributed by atoms with Crippen molar-refractivity contribution in [2.75, 3.05) is 0 Å². The fourth-order valence-corrected chi connectivity index (χ4v) is 3.37. The van der Waals surface area contributed by atoms with E-state index in [-0.39, 0.29) is 0 Å². The van der Waals surface area contributed by atoms with Crippen LogP contribution in [0.4, 0.5) is 0 Å². The summed E-state index contributed by atoms with van der Waals surface area (Å²) in [7, 11) is 0. The summed E-state index contributed by atoms with van der Waals surface area (Å²) in [6, 6.07) is 0. The number of hydrogen-bond acceptors (Lipinski definition) is 0. The average molecular weight is 339 g/mol. The topological polar surface area (TPSA) is 0 Å². The Bertz CT molecular complexity index is 196. The molecule has 0 aliphatic heterocycles. The summed E-state index contributed by atoms with van der Waals surface area (Å²) in [6.45, 7) is 12.2. The Kier molecular flexibility index (Phi) is 27.0. The van der Waals surface area contributed by atoms with E-state index in [0.717, 1.165) is 5.92 Å². The first-order valence-corrected chi connectivity index (χ1v) is 11.3. The molecule has 0 nitrogen and oxygen atoms in total. The van der Waals surface area contributed by atoms with Gasteiger partial charge in [-0.05, 0) is 12.8 Å². The largest absolute Gasteiger partial charge is 0.103 e. The van der Waals surface area contributed by atoms with Crippen molar-refractivity contribution in [3.63, 3.8) is 0 Å². The summed E-state index contributed by atoms with van der Waals surface area (Å²) in [4.78, 5) is 0. The van der Waals surface area contributed by atoms with Gasteiger partial charge in [0.15, 0.2) is 0 Å². The van der Waals surface area contributed by atoms with E-state index in [1.54, 1.807) is 6.08 Å². The zero-order valence-corrected chi connectivity index (χ0v) is 17.9. The third-order valence-corrected chi connectivity index (χ3v) is 4.90. The third-order valence-electron chi connectivity index (χ3n) is 4.90. The van der Waals surface area contributed by atoms with Crippen LogP contribution in [0.3, 0.4) is 0 Å². The first kappa shape index (κ1) is 26.0. The van der Waals surface area contributed by atoms with E-state index in [9.17, 15) is 0 Å². The lowest BCUT2D eigenvalue weighted by molar-refractivity contribution is 0.370.